The van der Waals surface area contributed by atoms with Gasteiger partial charge in [0.25, 0.3) is 0 Å². The molecule has 0 radical (unpaired) electrons. The van der Waals surface area contributed by atoms with E-state index in [0.29, 0.717) is 25.9 Å². The Labute approximate surface area is 121 Å². The molecule has 21 heavy (non-hydrogen) atoms. The summed E-state index contributed by atoms with van der Waals surface area (Å²) in [5, 5.41) is 8.99. The zero-order valence-electron chi connectivity index (χ0n) is 11.4. The molecule has 0 spiro atoms. The number of hydrogen-bond acceptors (Lipinski definition) is 3. The fourth-order valence-electron chi connectivity index (χ4n) is 2.57. The number of aromatic carboxylic acids is 1. The number of rotatable bonds is 4. The zero-order valence-corrected chi connectivity index (χ0v) is 11.4. The number of nitrogens with zero attached hydrogens (tertiary/aromatic N) is 3. The summed E-state index contributed by atoms with van der Waals surface area (Å²) in [7, 11) is 0. The molecule has 3 rings (SSSR count). The lowest BCUT2D eigenvalue weighted by Crippen LogP contribution is -2.29. The second-order valence-corrected chi connectivity index (χ2v) is 4.99. The van der Waals surface area contributed by atoms with Crippen molar-refractivity contribution in [1.82, 2.24) is 9.55 Å². The van der Waals surface area contributed by atoms with E-state index in [1.165, 1.54) is 0 Å². The van der Waals surface area contributed by atoms with Crippen molar-refractivity contribution in [1.29, 1.82) is 0 Å². The number of fused-ring (bicyclic) bond motifs is 1. The molecule has 2 aromatic rings. The van der Waals surface area contributed by atoms with Crippen molar-refractivity contribution in [2.45, 2.75) is 19.4 Å². The standard InChI is InChI=1S/C15H15N3O3/c19-14(4-6-17-8-5-16-10-17)18-7-3-11-9-12(15(20)21)1-2-13(11)18/h1-2,5,8-10H,3-4,6-7H2,(H,20,21). The largest absolute Gasteiger partial charge is 0.478 e. The number of benzene rings is 1. The fraction of sp³-hybridized carbons (Fsp3) is 0.267. The van der Waals surface area contributed by atoms with Gasteiger partial charge in [-0.3, -0.25) is 4.79 Å². The van der Waals surface area contributed by atoms with Crippen molar-refractivity contribution >= 4 is 17.6 Å². The third kappa shape index (κ3) is 2.65. The molecule has 1 aliphatic heterocycles. The smallest absolute Gasteiger partial charge is 0.335 e. The first-order chi connectivity index (χ1) is 10.1. The summed E-state index contributed by atoms with van der Waals surface area (Å²) in [5.74, 6) is -0.895. The highest BCUT2D eigenvalue weighted by Gasteiger charge is 2.25. The monoisotopic (exact) mass is 285 g/mol. The van der Waals surface area contributed by atoms with Crippen LogP contribution in [0.25, 0.3) is 0 Å². The maximum atomic E-state index is 12.3. The van der Waals surface area contributed by atoms with E-state index in [0.717, 1.165) is 11.3 Å². The van der Waals surface area contributed by atoms with Crippen LogP contribution in [0.1, 0.15) is 22.3 Å². The van der Waals surface area contributed by atoms with Crippen LogP contribution >= 0.6 is 0 Å². The third-order valence-electron chi connectivity index (χ3n) is 3.67. The van der Waals surface area contributed by atoms with Crippen LogP contribution in [0, 0.1) is 0 Å². The number of imidazole rings is 1. The second kappa shape index (κ2) is 5.40. The summed E-state index contributed by atoms with van der Waals surface area (Å²) in [6.07, 6.45) is 6.29. The fourth-order valence-corrected chi connectivity index (χ4v) is 2.57. The highest BCUT2D eigenvalue weighted by molar-refractivity contribution is 5.96. The number of carbonyl (C=O) groups is 2. The topological polar surface area (TPSA) is 75.4 Å². The van der Waals surface area contributed by atoms with Gasteiger partial charge in [-0.05, 0) is 30.2 Å². The van der Waals surface area contributed by atoms with Crippen molar-refractivity contribution in [3.63, 3.8) is 0 Å². The van der Waals surface area contributed by atoms with Crippen LogP contribution in [0.3, 0.4) is 0 Å². The summed E-state index contributed by atoms with van der Waals surface area (Å²) in [6.45, 7) is 1.21. The first kappa shape index (κ1) is 13.4. The van der Waals surface area contributed by atoms with Gasteiger partial charge < -0.3 is 14.6 Å². The molecule has 0 saturated carbocycles. The van der Waals surface area contributed by atoms with Crippen LogP contribution < -0.4 is 4.90 Å². The van der Waals surface area contributed by atoms with E-state index >= 15 is 0 Å². The Kier molecular flexibility index (Phi) is 3.43. The van der Waals surface area contributed by atoms with E-state index in [9.17, 15) is 9.59 Å². The van der Waals surface area contributed by atoms with Gasteiger partial charge in [-0.1, -0.05) is 0 Å². The number of carbonyl (C=O) groups excluding carboxylic acids is 1. The Morgan fingerprint density at radius 2 is 2.19 bits per heavy atom. The molecule has 0 saturated heterocycles. The normalized spacial score (nSPS) is 13.2. The molecule has 1 N–H and O–H groups in total. The van der Waals surface area contributed by atoms with Crippen LogP contribution in [0.5, 0.6) is 0 Å². The lowest BCUT2D eigenvalue weighted by molar-refractivity contribution is -0.118. The number of carboxylic acid groups (broad SMARTS) is 1. The summed E-state index contributed by atoms with van der Waals surface area (Å²) in [4.78, 5) is 28.9. The maximum Gasteiger partial charge on any atom is 0.335 e. The minimum Gasteiger partial charge on any atom is -0.478 e. The van der Waals surface area contributed by atoms with Gasteiger partial charge in [-0.15, -0.1) is 0 Å². The van der Waals surface area contributed by atoms with E-state index in [-0.39, 0.29) is 11.5 Å². The maximum absolute atomic E-state index is 12.3. The van der Waals surface area contributed by atoms with Gasteiger partial charge in [-0.25, -0.2) is 9.78 Å². The van der Waals surface area contributed by atoms with Gasteiger partial charge in [0.05, 0.1) is 11.9 Å². The number of aromatic nitrogens is 2. The predicted octanol–water partition coefficient (Wildman–Crippen LogP) is 1.56. The quantitative estimate of drug-likeness (QED) is 0.925. The molecular weight excluding hydrogens is 270 g/mol. The van der Waals surface area contributed by atoms with Gasteiger partial charge in [0.2, 0.25) is 5.91 Å². The van der Waals surface area contributed by atoms with Gasteiger partial charge in [0.15, 0.2) is 0 Å². The van der Waals surface area contributed by atoms with Crippen molar-refractivity contribution in [2.75, 3.05) is 11.4 Å². The molecule has 0 unspecified atom stereocenters. The Bertz CT molecular complexity index is 679. The molecule has 0 bridgehead atoms. The summed E-state index contributed by atoms with van der Waals surface area (Å²) in [5.41, 5.74) is 2.02. The van der Waals surface area contributed by atoms with Crippen molar-refractivity contribution in [2.24, 2.45) is 0 Å². The van der Waals surface area contributed by atoms with Gasteiger partial charge in [0, 0.05) is 37.6 Å². The predicted molar refractivity (Wildman–Crippen MR) is 76.3 cm³/mol. The molecular formula is C15H15N3O3. The Morgan fingerprint density at radius 1 is 1.33 bits per heavy atom. The molecule has 1 aromatic heterocycles. The highest BCUT2D eigenvalue weighted by Crippen LogP contribution is 2.29. The Morgan fingerprint density at radius 3 is 2.90 bits per heavy atom. The SMILES string of the molecule is O=C(O)c1ccc2c(c1)CCN2C(=O)CCn1ccnc1. The van der Waals surface area contributed by atoms with Crippen molar-refractivity contribution < 1.29 is 14.7 Å². The molecule has 108 valence electrons. The van der Waals surface area contributed by atoms with E-state index in [1.807, 2.05) is 10.8 Å². The summed E-state index contributed by atoms with van der Waals surface area (Å²) >= 11 is 0. The number of amides is 1. The van der Waals surface area contributed by atoms with Crippen LogP contribution in [0.4, 0.5) is 5.69 Å². The van der Waals surface area contributed by atoms with Gasteiger partial charge in [0.1, 0.15) is 0 Å². The zero-order chi connectivity index (χ0) is 14.8. The molecule has 0 aliphatic carbocycles. The molecule has 1 amide bonds. The molecule has 0 fully saturated rings. The molecule has 6 nitrogen and oxygen atoms in total. The number of anilines is 1. The van der Waals surface area contributed by atoms with Crippen molar-refractivity contribution in [3.8, 4) is 0 Å². The first-order valence-corrected chi connectivity index (χ1v) is 6.77. The van der Waals surface area contributed by atoms with Gasteiger partial charge in [-0.2, -0.15) is 0 Å². The molecule has 6 heteroatoms. The average molecular weight is 285 g/mol. The van der Waals surface area contributed by atoms with Gasteiger partial charge >= 0.3 is 5.97 Å². The number of hydrogen-bond donors (Lipinski definition) is 1. The van der Waals surface area contributed by atoms with E-state index < -0.39 is 5.97 Å². The third-order valence-corrected chi connectivity index (χ3v) is 3.67. The number of carboxylic acids is 1. The average Bonchev–Trinajstić information content (AvgIpc) is 3.13. The molecule has 1 aromatic carbocycles. The van der Waals surface area contributed by atoms with E-state index in [1.54, 1.807) is 35.6 Å². The minimum absolute atomic E-state index is 0.0468. The molecule has 1 aliphatic rings. The van der Waals surface area contributed by atoms with E-state index in [4.69, 9.17) is 5.11 Å². The van der Waals surface area contributed by atoms with Crippen LogP contribution in [-0.2, 0) is 17.8 Å². The highest BCUT2D eigenvalue weighted by atomic mass is 16.4. The molecule has 2 heterocycles. The Hall–Kier alpha value is -2.63. The summed E-state index contributed by atoms with van der Waals surface area (Å²) in [6, 6.07) is 4.92. The second-order valence-electron chi connectivity index (χ2n) is 4.99. The lowest BCUT2D eigenvalue weighted by atomic mass is 10.1. The summed E-state index contributed by atoms with van der Waals surface area (Å²) < 4.78 is 1.86. The van der Waals surface area contributed by atoms with Crippen LogP contribution in [-0.4, -0.2) is 33.1 Å². The van der Waals surface area contributed by atoms with Crippen LogP contribution in [0.2, 0.25) is 0 Å². The lowest BCUT2D eigenvalue weighted by Gasteiger charge is -2.17. The molecule has 0 atom stereocenters. The number of aryl methyl sites for hydroxylation is 1. The van der Waals surface area contributed by atoms with E-state index in [2.05, 4.69) is 4.98 Å². The Balaban J connectivity index is 1.71. The minimum atomic E-state index is -0.942. The van der Waals surface area contributed by atoms with Crippen molar-refractivity contribution in [3.05, 3.63) is 48.0 Å². The first-order valence-electron chi connectivity index (χ1n) is 6.77. The van der Waals surface area contributed by atoms with Crippen LogP contribution in [0.15, 0.2) is 36.9 Å².